The molecule has 0 saturated carbocycles. The summed E-state index contributed by atoms with van der Waals surface area (Å²) in [7, 11) is 0. The number of phenolic OH excluding ortho intramolecular Hbond substituents is 1. The van der Waals surface area contributed by atoms with E-state index in [0.717, 1.165) is 24.0 Å². The standard InChI is InChI=1S/C23H22FN5O3/c1-13-6-14(11-30)9-25-22(13)32-15-8-23(2)12-26-21-19(29(23)10-15)7-18(27-28-21)16-4-3-5-17(24)20(16)31/h3-7,9,11,15,31H,8,10,12H2,1-2H3,(H,26,28). The van der Waals surface area contributed by atoms with Crippen LogP contribution in [0.15, 0.2) is 36.5 Å². The Labute approximate surface area is 184 Å². The average molecular weight is 435 g/mol. The highest BCUT2D eigenvalue weighted by atomic mass is 19.1. The maximum absolute atomic E-state index is 13.9. The SMILES string of the molecule is Cc1cc(C=O)cnc1OC1CN2c3cc(-c4cccc(F)c4O)nnc3NCC2(C)C1. The summed E-state index contributed by atoms with van der Waals surface area (Å²) >= 11 is 0. The van der Waals surface area contributed by atoms with E-state index in [0.29, 0.717) is 36.0 Å². The number of carbonyl (C=O) groups is 1. The number of benzene rings is 1. The molecule has 1 saturated heterocycles. The van der Waals surface area contributed by atoms with Gasteiger partial charge in [-0.3, -0.25) is 4.79 Å². The Morgan fingerprint density at radius 1 is 1.34 bits per heavy atom. The molecule has 0 aliphatic carbocycles. The number of para-hydroxylation sites is 1. The molecule has 2 unspecified atom stereocenters. The van der Waals surface area contributed by atoms with Crippen LogP contribution in [0.2, 0.25) is 0 Å². The number of hydrogen-bond acceptors (Lipinski definition) is 8. The number of aromatic nitrogens is 3. The second-order valence-electron chi connectivity index (χ2n) is 8.51. The maximum Gasteiger partial charge on any atom is 0.216 e. The number of fused-ring (bicyclic) bond motifs is 3. The molecule has 2 aromatic heterocycles. The number of ether oxygens (including phenoxy) is 1. The van der Waals surface area contributed by atoms with Gasteiger partial charge in [-0.25, -0.2) is 9.37 Å². The molecule has 0 amide bonds. The van der Waals surface area contributed by atoms with Gasteiger partial charge in [-0.2, -0.15) is 0 Å². The molecule has 2 aliphatic rings. The number of aldehydes is 1. The van der Waals surface area contributed by atoms with Gasteiger partial charge in [-0.15, -0.1) is 10.2 Å². The zero-order chi connectivity index (χ0) is 22.5. The fourth-order valence-corrected chi connectivity index (χ4v) is 4.50. The summed E-state index contributed by atoms with van der Waals surface area (Å²) in [5.74, 6) is -0.0119. The number of hydrogen-bond donors (Lipinski definition) is 2. The third-order valence-electron chi connectivity index (χ3n) is 6.14. The topological polar surface area (TPSA) is 100 Å². The lowest BCUT2D eigenvalue weighted by atomic mass is 9.95. The van der Waals surface area contributed by atoms with Crippen LogP contribution in [0.25, 0.3) is 11.3 Å². The summed E-state index contributed by atoms with van der Waals surface area (Å²) in [6.07, 6.45) is 2.89. The van der Waals surface area contributed by atoms with E-state index in [1.807, 2.05) is 13.0 Å². The summed E-state index contributed by atoms with van der Waals surface area (Å²) in [4.78, 5) is 17.5. The van der Waals surface area contributed by atoms with Crippen molar-refractivity contribution in [2.75, 3.05) is 23.3 Å². The van der Waals surface area contributed by atoms with Crippen LogP contribution in [0.5, 0.6) is 11.6 Å². The second-order valence-corrected chi connectivity index (χ2v) is 8.51. The third kappa shape index (κ3) is 3.30. The summed E-state index contributed by atoms with van der Waals surface area (Å²) in [5, 5.41) is 21.9. The van der Waals surface area contributed by atoms with E-state index in [-0.39, 0.29) is 17.2 Å². The van der Waals surface area contributed by atoms with E-state index >= 15 is 0 Å². The van der Waals surface area contributed by atoms with Gasteiger partial charge in [0.15, 0.2) is 23.7 Å². The largest absolute Gasteiger partial charge is 0.504 e. The predicted molar refractivity (Wildman–Crippen MR) is 117 cm³/mol. The highest BCUT2D eigenvalue weighted by molar-refractivity contribution is 5.77. The second kappa shape index (κ2) is 7.44. The molecule has 3 aromatic rings. The molecule has 2 atom stereocenters. The normalized spacial score (nSPS) is 21.5. The number of phenols is 1. The lowest BCUT2D eigenvalue weighted by Gasteiger charge is -2.41. The van der Waals surface area contributed by atoms with Crippen LogP contribution in [0.4, 0.5) is 15.9 Å². The molecule has 1 fully saturated rings. The summed E-state index contributed by atoms with van der Waals surface area (Å²) in [6.45, 7) is 5.27. The first-order valence-corrected chi connectivity index (χ1v) is 10.3. The van der Waals surface area contributed by atoms with Crippen LogP contribution >= 0.6 is 0 Å². The summed E-state index contributed by atoms with van der Waals surface area (Å²) < 4.78 is 20.1. The zero-order valence-corrected chi connectivity index (χ0v) is 17.7. The first kappa shape index (κ1) is 20.2. The number of pyridine rings is 1. The van der Waals surface area contributed by atoms with Crippen molar-refractivity contribution >= 4 is 17.8 Å². The van der Waals surface area contributed by atoms with Crippen LogP contribution in [-0.4, -0.2) is 51.3 Å². The molecule has 0 bridgehead atoms. The van der Waals surface area contributed by atoms with Crippen molar-refractivity contribution in [2.45, 2.75) is 31.9 Å². The van der Waals surface area contributed by atoms with E-state index < -0.39 is 11.6 Å². The van der Waals surface area contributed by atoms with Gasteiger partial charge >= 0.3 is 0 Å². The van der Waals surface area contributed by atoms with E-state index in [4.69, 9.17) is 4.74 Å². The lowest BCUT2D eigenvalue weighted by molar-refractivity contribution is 0.112. The summed E-state index contributed by atoms with van der Waals surface area (Å²) in [6, 6.07) is 7.90. The zero-order valence-electron chi connectivity index (χ0n) is 17.7. The number of nitrogens with one attached hydrogen (secondary N) is 1. The third-order valence-corrected chi connectivity index (χ3v) is 6.14. The van der Waals surface area contributed by atoms with E-state index in [1.165, 1.54) is 18.3 Å². The molecule has 164 valence electrons. The van der Waals surface area contributed by atoms with Crippen molar-refractivity contribution in [1.29, 1.82) is 0 Å². The minimum Gasteiger partial charge on any atom is -0.504 e. The number of rotatable bonds is 4. The lowest BCUT2D eigenvalue weighted by Crippen LogP contribution is -2.50. The molecular weight excluding hydrogens is 413 g/mol. The molecule has 0 radical (unpaired) electrons. The van der Waals surface area contributed by atoms with Crippen LogP contribution < -0.4 is 15.0 Å². The Morgan fingerprint density at radius 2 is 2.19 bits per heavy atom. The van der Waals surface area contributed by atoms with Crippen LogP contribution in [-0.2, 0) is 0 Å². The van der Waals surface area contributed by atoms with Crippen molar-refractivity contribution in [3.8, 4) is 22.9 Å². The number of aromatic hydroxyl groups is 1. The number of nitrogens with zero attached hydrogens (tertiary/aromatic N) is 4. The molecular formula is C23H22FN5O3. The Kier molecular flexibility index (Phi) is 4.69. The molecule has 1 aromatic carbocycles. The van der Waals surface area contributed by atoms with Gasteiger partial charge in [0.05, 0.1) is 23.5 Å². The Hall–Kier alpha value is -3.75. The molecule has 0 spiro atoms. The van der Waals surface area contributed by atoms with Crippen molar-refractivity contribution in [3.63, 3.8) is 0 Å². The van der Waals surface area contributed by atoms with Gasteiger partial charge in [0.2, 0.25) is 5.88 Å². The van der Waals surface area contributed by atoms with Gasteiger partial charge in [0, 0.05) is 35.9 Å². The molecule has 5 rings (SSSR count). The van der Waals surface area contributed by atoms with E-state index in [1.54, 1.807) is 12.1 Å². The first-order chi connectivity index (χ1) is 15.4. The van der Waals surface area contributed by atoms with Crippen molar-refractivity contribution in [3.05, 3.63) is 53.5 Å². The fourth-order valence-electron chi connectivity index (χ4n) is 4.50. The van der Waals surface area contributed by atoms with Crippen LogP contribution in [0, 0.1) is 12.7 Å². The summed E-state index contributed by atoms with van der Waals surface area (Å²) in [5.41, 5.74) is 2.57. The molecule has 8 nitrogen and oxygen atoms in total. The van der Waals surface area contributed by atoms with Gasteiger partial charge in [0.25, 0.3) is 0 Å². The van der Waals surface area contributed by atoms with Crippen molar-refractivity contribution < 1.29 is 19.0 Å². The Bertz CT molecular complexity index is 1220. The number of halogens is 1. The number of anilines is 2. The van der Waals surface area contributed by atoms with Crippen molar-refractivity contribution in [1.82, 2.24) is 15.2 Å². The smallest absolute Gasteiger partial charge is 0.216 e. The van der Waals surface area contributed by atoms with Gasteiger partial charge in [0.1, 0.15) is 6.10 Å². The number of aryl methyl sites for hydroxylation is 1. The minimum atomic E-state index is -0.705. The van der Waals surface area contributed by atoms with E-state index in [2.05, 4.69) is 32.3 Å². The average Bonchev–Trinajstić information content (AvgIpc) is 3.13. The number of carbonyl (C=O) groups excluding carboxylic acids is 1. The predicted octanol–water partition coefficient (Wildman–Crippen LogP) is 3.35. The van der Waals surface area contributed by atoms with Crippen molar-refractivity contribution in [2.24, 2.45) is 0 Å². The van der Waals surface area contributed by atoms with Gasteiger partial charge in [-0.1, -0.05) is 6.07 Å². The highest BCUT2D eigenvalue weighted by Gasteiger charge is 2.47. The highest BCUT2D eigenvalue weighted by Crippen LogP contribution is 2.43. The minimum absolute atomic E-state index is 0.125. The quantitative estimate of drug-likeness (QED) is 0.602. The molecule has 2 aliphatic heterocycles. The first-order valence-electron chi connectivity index (χ1n) is 10.3. The van der Waals surface area contributed by atoms with Crippen LogP contribution in [0.3, 0.4) is 0 Å². The fraction of sp³-hybridized carbons (Fsp3) is 0.304. The molecule has 2 N–H and O–H groups in total. The maximum atomic E-state index is 13.9. The van der Waals surface area contributed by atoms with Gasteiger partial charge in [-0.05, 0) is 38.1 Å². The van der Waals surface area contributed by atoms with Gasteiger partial charge < -0.3 is 20.1 Å². The Morgan fingerprint density at radius 3 is 2.97 bits per heavy atom. The molecule has 9 heteroatoms. The van der Waals surface area contributed by atoms with Crippen LogP contribution in [0.1, 0.15) is 29.3 Å². The van der Waals surface area contributed by atoms with E-state index in [9.17, 15) is 14.3 Å². The molecule has 32 heavy (non-hydrogen) atoms. The Balaban J connectivity index is 1.45. The monoisotopic (exact) mass is 435 g/mol. The molecule has 4 heterocycles.